The monoisotopic (exact) mass is 491 g/mol. The van der Waals surface area contributed by atoms with Crippen molar-refractivity contribution in [3.8, 4) is 0 Å². The van der Waals surface area contributed by atoms with Gasteiger partial charge in [0.05, 0.1) is 0 Å². The van der Waals surface area contributed by atoms with Crippen LogP contribution >= 0.6 is 23.5 Å². The van der Waals surface area contributed by atoms with E-state index in [0.717, 1.165) is 11.2 Å². The third-order valence-electron chi connectivity index (χ3n) is 4.78. The largest absolute Gasteiger partial charge is 0.477 e. The van der Waals surface area contributed by atoms with Crippen molar-refractivity contribution in [2.75, 3.05) is 30.6 Å². The maximum atomic E-state index is 12.9. The van der Waals surface area contributed by atoms with Gasteiger partial charge in [-0.2, -0.15) is 0 Å². The van der Waals surface area contributed by atoms with Crippen LogP contribution in [0.5, 0.6) is 0 Å². The number of nitrogens with one attached hydrogen (secondary N) is 1. The fourth-order valence-electron chi connectivity index (χ4n) is 3.20. The number of carbonyl (C=O) groups excluding carboxylic acids is 2. The summed E-state index contributed by atoms with van der Waals surface area (Å²) in [4.78, 5) is 38.1. The fraction of sp³-hybridized carbons (Fsp3) is 0.562. The second kappa shape index (κ2) is 8.44. The molecular weight excluding hydrogens is 470 g/mol. The van der Waals surface area contributed by atoms with Crippen molar-refractivity contribution < 1.29 is 32.6 Å². The maximum absolute atomic E-state index is 12.9. The summed E-state index contributed by atoms with van der Waals surface area (Å²) in [5, 5.41) is 19.9. The number of sulfone groups is 1. The third-order valence-corrected chi connectivity index (χ3v) is 8.05. The molecule has 15 heteroatoms. The summed E-state index contributed by atoms with van der Waals surface area (Å²) in [6.45, 7) is 1.79. The predicted molar refractivity (Wildman–Crippen MR) is 112 cm³/mol. The smallest absolute Gasteiger partial charge is 0.352 e. The standard InChI is InChI=1S/C16H21N5O7S3/c1-8-18-19-15(20(8)2)30-6-9-5-29-14-16(28-3,17-10(22)7-31(4,26)27)13(25)21(14)11(9)12(23)24/h14H,5-7H2,1-4H3,(H,17,22)(H,23,24)/t14-,16-/m0/s1. The Kier molecular flexibility index (Phi) is 6.42. The Morgan fingerprint density at radius 3 is 2.61 bits per heavy atom. The molecule has 0 unspecified atom stereocenters. The summed E-state index contributed by atoms with van der Waals surface area (Å²) in [6, 6.07) is 0. The summed E-state index contributed by atoms with van der Waals surface area (Å²) in [7, 11) is -0.632. The molecule has 0 aliphatic carbocycles. The fourth-order valence-corrected chi connectivity index (χ4v) is 6.28. The first-order valence-electron chi connectivity index (χ1n) is 8.84. The van der Waals surface area contributed by atoms with E-state index in [0.29, 0.717) is 16.6 Å². The van der Waals surface area contributed by atoms with Gasteiger partial charge in [-0.05, 0) is 12.5 Å². The van der Waals surface area contributed by atoms with Gasteiger partial charge >= 0.3 is 5.97 Å². The van der Waals surface area contributed by atoms with Crippen LogP contribution in [0, 0.1) is 6.92 Å². The topological polar surface area (TPSA) is 161 Å². The number of hydrogen-bond donors (Lipinski definition) is 2. The first kappa shape index (κ1) is 23.6. The molecule has 1 fully saturated rings. The average Bonchev–Trinajstić information content (AvgIpc) is 2.99. The zero-order valence-electron chi connectivity index (χ0n) is 17.1. The SMILES string of the molecule is CO[C@@]1(NC(=O)CS(C)(=O)=O)C(=O)N2C(C(=O)O)=C(CSc3nnc(C)n3C)CS[C@H]21. The molecule has 1 aromatic heterocycles. The summed E-state index contributed by atoms with van der Waals surface area (Å²) in [5.41, 5.74) is -1.49. The zero-order valence-corrected chi connectivity index (χ0v) is 19.6. The number of carbonyl (C=O) groups is 3. The molecule has 3 rings (SSSR count). The molecule has 2 aliphatic heterocycles. The number of methoxy groups -OCH3 is 1. The molecule has 0 saturated carbocycles. The van der Waals surface area contributed by atoms with Crippen molar-refractivity contribution in [1.82, 2.24) is 25.0 Å². The van der Waals surface area contributed by atoms with E-state index in [4.69, 9.17) is 4.74 Å². The van der Waals surface area contributed by atoms with Crippen molar-refractivity contribution in [2.45, 2.75) is 23.2 Å². The van der Waals surface area contributed by atoms with Gasteiger partial charge in [0, 0.05) is 31.9 Å². The number of hydrogen-bond acceptors (Lipinski definition) is 10. The van der Waals surface area contributed by atoms with E-state index < -0.39 is 44.5 Å². The van der Waals surface area contributed by atoms with E-state index >= 15 is 0 Å². The number of carboxylic acid groups (broad SMARTS) is 1. The summed E-state index contributed by atoms with van der Waals surface area (Å²) in [5.74, 6) is -2.52. The molecule has 2 N–H and O–H groups in total. The first-order valence-corrected chi connectivity index (χ1v) is 12.9. The number of amides is 2. The maximum Gasteiger partial charge on any atom is 0.352 e. The van der Waals surface area contributed by atoms with E-state index in [2.05, 4.69) is 15.5 Å². The molecule has 12 nitrogen and oxygen atoms in total. The lowest BCUT2D eigenvalue weighted by Crippen LogP contribution is -2.81. The molecule has 0 radical (unpaired) electrons. The molecule has 31 heavy (non-hydrogen) atoms. The second-order valence-corrected chi connectivity index (χ2v) is 11.2. The predicted octanol–water partition coefficient (Wildman–Crippen LogP) is -1.03. The van der Waals surface area contributed by atoms with Crippen molar-refractivity contribution in [2.24, 2.45) is 7.05 Å². The van der Waals surface area contributed by atoms with Gasteiger partial charge in [-0.3, -0.25) is 14.5 Å². The number of ether oxygens (including phenoxy) is 1. The van der Waals surface area contributed by atoms with Crippen LogP contribution in [0.2, 0.25) is 0 Å². The van der Waals surface area contributed by atoms with Crippen LogP contribution in [0.1, 0.15) is 5.82 Å². The van der Waals surface area contributed by atoms with Gasteiger partial charge in [-0.15, -0.1) is 22.0 Å². The Hall–Kier alpha value is -2.10. The molecule has 0 aromatic carbocycles. The van der Waals surface area contributed by atoms with Crippen molar-refractivity contribution in [1.29, 1.82) is 0 Å². The summed E-state index contributed by atoms with van der Waals surface area (Å²) >= 11 is 2.52. The van der Waals surface area contributed by atoms with Crippen LogP contribution < -0.4 is 5.32 Å². The normalized spacial score (nSPS) is 23.4. The highest BCUT2D eigenvalue weighted by molar-refractivity contribution is 8.01. The van der Waals surface area contributed by atoms with Gasteiger partial charge in [0.15, 0.2) is 15.0 Å². The molecule has 0 spiro atoms. The van der Waals surface area contributed by atoms with Crippen molar-refractivity contribution in [3.63, 3.8) is 0 Å². The highest BCUT2D eigenvalue weighted by Gasteiger charge is 2.66. The lowest BCUT2D eigenvalue weighted by atomic mass is 9.98. The molecule has 2 atom stereocenters. The lowest BCUT2D eigenvalue weighted by molar-refractivity contribution is -0.192. The summed E-state index contributed by atoms with van der Waals surface area (Å²) in [6.07, 6.45) is 0.893. The van der Waals surface area contributed by atoms with Gasteiger partial charge in [0.25, 0.3) is 11.6 Å². The van der Waals surface area contributed by atoms with Crippen LogP contribution in [0.3, 0.4) is 0 Å². The Morgan fingerprint density at radius 1 is 1.42 bits per heavy atom. The van der Waals surface area contributed by atoms with Gasteiger partial charge < -0.3 is 19.7 Å². The van der Waals surface area contributed by atoms with Crippen LogP contribution in [0.25, 0.3) is 0 Å². The first-order chi connectivity index (χ1) is 14.4. The van der Waals surface area contributed by atoms with E-state index in [9.17, 15) is 27.9 Å². The van der Waals surface area contributed by atoms with Crippen LogP contribution in [0.15, 0.2) is 16.4 Å². The van der Waals surface area contributed by atoms with Crippen LogP contribution in [-0.4, -0.2) is 92.7 Å². The number of β-lactam (4-membered cyclic amide) rings is 1. The Morgan fingerprint density at radius 2 is 2.10 bits per heavy atom. The molecule has 0 bridgehead atoms. The number of thioether (sulfide) groups is 2. The number of nitrogens with zero attached hydrogens (tertiary/aromatic N) is 4. The minimum atomic E-state index is -3.62. The van der Waals surface area contributed by atoms with E-state index in [1.165, 1.54) is 30.6 Å². The Balaban J connectivity index is 1.84. The van der Waals surface area contributed by atoms with E-state index in [1.54, 1.807) is 18.5 Å². The van der Waals surface area contributed by atoms with Crippen molar-refractivity contribution in [3.05, 3.63) is 17.1 Å². The van der Waals surface area contributed by atoms with E-state index in [-0.39, 0.29) is 17.2 Å². The minimum absolute atomic E-state index is 0.176. The highest BCUT2D eigenvalue weighted by atomic mass is 32.2. The van der Waals surface area contributed by atoms with E-state index in [1.807, 2.05) is 0 Å². The lowest BCUT2D eigenvalue weighted by Gasteiger charge is -2.55. The van der Waals surface area contributed by atoms with Crippen LogP contribution in [0.4, 0.5) is 0 Å². The average molecular weight is 492 g/mol. The van der Waals surface area contributed by atoms with Gasteiger partial charge in [-0.1, -0.05) is 11.8 Å². The molecule has 2 amide bonds. The molecule has 1 saturated heterocycles. The van der Waals surface area contributed by atoms with Gasteiger partial charge in [-0.25, -0.2) is 13.2 Å². The molecule has 1 aromatic rings. The molecule has 2 aliphatic rings. The summed E-state index contributed by atoms with van der Waals surface area (Å²) < 4.78 is 29.8. The molecule has 170 valence electrons. The number of carboxylic acids is 1. The van der Waals surface area contributed by atoms with Crippen molar-refractivity contribution >= 4 is 51.1 Å². The Bertz CT molecular complexity index is 1080. The van der Waals surface area contributed by atoms with Gasteiger partial charge in [0.1, 0.15) is 22.6 Å². The Labute approximate surface area is 186 Å². The highest BCUT2D eigenvalue weighted by Crippen LogP contribution is 2.47. The second-order valence-electron chi connectivity index (χ2n) is 7.03. The number of aryl methyl sites for hydroxylation is 1. The zero-order chi connectivity index (χ0) is 23.1. The molecular formula is C16H21N5O7S3. The number of aliphatic carboxylic acids is 1. The number of aromatic nitrogens is 3. The minimum Gasteiger partial charge on any atom is -0.477 e. The quantitative estimate of drug-likeness (QED) is 0.260. The van der Waals surface area contributed by atoms with Gasteiger partial charge in [0.2, 0.25) is 5.91 Å². The third kappa shape index (κ3) is 4.31. The molecule has 3 heterocycles. The van der Waals surface area contributed by atoms with Crippen LogP contribution in [-0.2, 0) is 36.0 Å². The number of rotatable bonds is 8. The number of fused-ring (bicyclic) bond motifs is 1.